The predicted octanol–water partition coefficient (Wildman–Crippen LogP) is 4.89. The average molecular weight is 333 g/mol. The van der Waals surface area contributed by atoms with E-state index >= 15 is 0 Å². The lowest BCUT2D eigenvalue weighted by Crippen LogP contribution is -2.40. The van der Waals surface area contributed by atoms with Gasteiger partial charge in [-0.2, -0.15) is 0 Å². The third-order valence-corrected chi connectivity index (χ3v) is 5.04. The Morgan fingerprint density at radius 2 is 1.84 bits per heavy atom. The van der Waals surface area contributed by atoms with E-state index in [0.29, 0.717) is 5.92 Å². The third kappa shape index (κ3) is 3.38. The van der Waals surface area contributed by atoms with E-state index in [1.165, 1.54) is 22.2 Å². The van der Waals surface area contributed by atoms with Crippen molar-refractivity contribution in [2.24, 2.45) is 0 Å². The predicted molar refractivity (Wildman–Crippen MR) is 102 cm³/mol. The van der Waals surface area contributed by atoms with Crippen LogP contribution in [-0.4, -0.2) is 29.0 Å². The topological polar surface area (TPSA) is 48.1 Å². The molecule has 0 radical (unpaired) electrons. The smallest absolute Gasteiger partial charge is 0.321 e. The van der Waals surface area contributed by atoms with Gasteiger partial charge >= 0.3 is 6.03 Å². The van der Waals surface area contributed by atoms with Crippen molar-refractivity contribution in [3.8, 4) is 0 Å². The largest absolute Gasteiger partial charge is 0.358 e. The van der Waals surface area contributed by atoms with Crippen LogP contribution in [0.5, 0.6) is 0 Å². The zero-order valence-corrected chi connectivity index (χ0v) is 14.5. The second-order valence-corrected chi connectivity index (χ2v) is 6.87. The van der Waals surface area contributed by atoms with Crippen LogP contribution >= 0.6 is 0 Å². The number of aromatic nitrogens is 1. The van der Waals surface area contributed by atoms with Crippen LogP contribution in [0.4, 0.5) is 10.5 Å². The molecule has 0 spiro atoms. The van der Waals surface area contributed by atoms with Gasteiger partial charge in [-0.15, -0.1) is 0 Å². The molecule has 25 heavy (non-hydrogen) atoms. The van der Waals surface area contributed by atoms with E-state index in [4.69, 9.17) is 0 Å². The van der Waals surface area contributed by atoms with Crippen LogP contribution in [0.1, 0.15) is 30.0 Å². The molecule has 1 fully saturated rings. The lowest BCUT2D eigenvalue weighted by Gasteiger charge is -2.31. The number of piperidine rings is 1. The van der Waals surface area contributed by atoms with Crippen molar-refractivity contribution in [2.75, 3.05) is 18.4 Å². The summed E-state index contributed by atoms with van der Waals surface area (Å²) in [5, 5.41) is 4.25. The number of nitrogens with one attached hydrogen (secondary N) is 2. The first-order valence-electron chi connectivity index (χ1n) is 8.89. The van der Waals surface area contributed by atoms with E-state index in [0.717, 1.165) is 31.6 Å². The minimum absolute atomic E-state index is 0.00285. The first-order chi connectivity index (χ1) is 12.2. The molecular weight excluding hydrogens is 310 g/mol. The molecule has 0 saturated carbocycles. The second-order valence-electron chi connectivity index (χ2n) is 6.87. The van der Waals surface area contributed by atoms with Gasteiger partial charge in [0, 0.05) is 35.9 Å². The molecule has 2 aromatic carbocycles. The fourth-order valence-electron chi connectivity index (χ4n) is 3.61. The van der Waals surface area contributed by atoms with E-state index in [2.05, 4.69) is 41.5 Å². The van der Waals surface area contributed by atoms with Gasteiger partial charge in [-0.25, -0.2) is 4.79 Å². The van der Waals surface area contributed by atoms with Crippen molar-refractivity contribution >= 4 is 22.6 Å². The van der Waals surface area contributed by atoms with Crippen LogP contribution in [0, 0.1) is 6.92 Å². The van der Waals surface area contributed by atoms with E-state index in [1.807, 2.05) is 35.2 Å². The molecule has 1 saturated heterocycles. The normalized spacial score (nSPS) is 15.5. The van der Waals surface area contributed by atoms with Gasteiger partial charge in [0.15, 0.2) is 0 Å². The van der Waals surface area contributed by atoms with Crippen molar-refractivity contribution < 1.29 is 4.79 Å². The molecule has 0 bridgehead atoms. The molecule has 1 aromatic heterocycles. The van der Waals surface area contributed by atoms with Gasteiger partial charge in [-0.1, -0.05) is 29.8 Å². The van der Waals surface area contributed by atoms with Gasteiger partial charge in [-0.05, 0) is 55.5 Å². The maximum Gasteiger partial charge on any atom is 0.321 e. The van der Waals surface area contributed by atoms with Gasteiger partial charge in [0.1, 0.15) is 0 Å². The lowest BCUT2D eigenvalue weighted by molar-refractivity contribution is 0.194. The summed E-state index contributed by atoms with van der Waals surface area (Å²) in [5.74, 6) is 0.494. The number of rotatable bonds is 2. The Labute approximate surface area is 147 Å². The van der Waals surface area contributed by atoms with E-state index in [1.54, 1.807) is 0 Å². The number of hydrogen-bond acceptors (Lipinski definition) is 1. The van der Waals surface area contributed by atoms with Gasteiger partial charge in [0.05, 0.1) is 0 Å². The highest BCUT2D eigenvalue weighted by Gasteiger charge is 2.24. The standard InChI is InChI=1S/C21H23N3O/c1-15-7-8-19-17(13-15)14-20(23-19)16-9-11-24(12-10-16)21(25)22-18-5-3-2-4-6-18/h2-8,13-14,16,23H,9-12H2,1H3,(H,22,25). The van der Waals surface area contributed by atoms with E-state index in [9.17, 15) is 4.79 Å². The van der Waals surface area contributed by atoms with E-state index < -0.39 is 0 Å². The molecule has 4 heteroatoms. The quantitative estimate of drug-likeness (QED) is 0.689. The molecule has 2 amide bonds. The number of carbonyl (C=O) groups is 1. The molecule has 1 aliphatic rings. The van der Waals surface area contributed by atoms with Crippen LogP contribution in [-0.2, 0) is 0 Å². The molecule has 128 valence electrons. The number of aryl methyl sites for hydroxylation is 1. The fraction of sp³-hybridized carbons (Fsp3) is 0.286. The van der Waals surface area contributed by atoms with Gasteiger partial charge in [0.2, 0.25) is 0 Å². The number of hydrogen-bond donors (Lipinski definition) is 2. The Hall–Kier alpha value is -2.75. The summed E-state index contributed by atoms with van der Waals surface area (Å²) in [6, 6.07) is 18.4. The number of carbonyl (C=O) groups excluding carboxylic acids is 1. The fourth-order valence-corrected chi connectivity index (χ4v) is 3.61. The number of fused-ring (bicyclic) bond motifs is 1. The summed E-state index contributed by atoms with van der Waals surface area (Å²) < 4.78 is 0. The summed E-state index contributed by atoms with van der Waals surface area (Å²) in [6.45, 7) is 3.70. The Bertz CT molecular complexity index is 877. The zero-order chi connectivity index (χ0) is 17.2. The van der Waals surface area contributed by atoms with Crippen molar-refractivity contribution in [1.29, 1.82) is 0 Å². The van der Waals surface area contributed by atoms with Crippen LogP contribution < -0.4 is 5.32 Å². The van der Waals surface area contributed by atoms with Crippen molar-refractivity contribution in [2.45, 2.75) is 25.7 Å². The SMILES string of the molecule is Cc1ccc2[nH]c(C3CCN(C(=O)Nc4ccccc4)CC3)cc2c1. The van der Waals surface area contributed by atoms with Gasteiger partial charge in [0.25, 0.3) is 0 Å². The minimum Gasteiger partial charge on any atom is -0.358 e. The zero-order valence-electron chi connectivity index (χ0n) is 14.5. The minimum atomic E-state index is -0.00285. The number of aromatic amines is 1. The summed E-state index contributed by atoms with van der Waals surface area (Å²) in [6.07, 6.45) is 1.99. The number of likely N-dealkylation sites (tertiary alicyclic amines) is 1. The first kappa shape index (κ1) is 15.8. The molecule has 0 atom stereocenters. The molecule has 1 aliphatic heterocycles. The Morgan fingerprint density at radius 1 is 1.08 bits per heavy atom. The highest BCUT2D eigenvalue weighted by atomic mass is 16.2. The molecule has 0 unspecified atom stereocenters. The maximum absolute atomic E-state index is 12.4. The van der Waals surface area contributed by atoms with Crippen LogP contribution in [0.25, 0.3) is 10.9 Å². The number of benzene rings is 2. The molecule has 3 aromatic rings. The summed E-state index contributed by atoms with van der Waals surface area (Å²) >= 11 is 0. The molecule has 2 heterocycles. The maximum atomic E-state index is 12.4. The number of H-pyrrole nitrogens is 1. The lowest BCUT2D eigenvalue weighted by atomic mass is 9.93. The van der Waals surface area contributed by atoms with Crippen LogP contribution in [0.2, 0.25) is 0 Å². The Balaban J connectivity index is 1.39. The van der Waals surface area contributed by atoms with E-state index in [-0.39, 0.29) is 6.03 Å². The average Bonchev–Trinajstić information content (AvgIpc) is 3.06. The second kappa shape index (κ2) is 6.63. The summed E-state index contributed by atoms with van der Waals surface area (Å²) in [4.78, 5) is 17.9. The monoisotopic (exact) mass is 333 g/mol. The highest BCUT2D eigenvalue weighted by molar-refractivity contribution is 5.89. The molecule has 4 nitrogen and oxygen atoms in total. The Kier molecular flexibility index (Phi) is 4.18. The molecular formula is C21H23N3O. The number of amides is 2. The molecule has 2 N–H and O–H groups in total. The molecule has 0 aliphatic carbocycles. The third-order valence-electron chi connectivity index (χ3n) is 5.04. The van der Waals surface area contributed by atoms with Gasteiger partial charge in [-0.3, -0.25) is 0 Å². The van der Waals surface area contributed by atoms with Gasteiger partial charge < -0.3 is 15.2 Å². The molecule has 4 rings (SSSR count). The van der Waals surface area contributed by atoms with Crippen LogP contribution in [0.15, 0.2) is 54.6 Å². The number of para-hydroxylation sites is 1. The van der Waals surface area contributed by atoms with Crippen molar-refractivity contribution in [3.63, 3.8) is 0 Å². The number of urea groups is 1. The number of anilines is 1. The first-order valence-corrected chi connectivity index (χ1v) is 8.89. The Morgan fingerprint density at radius 3 is 2.60 bits per heavy atom. The van der Waals surface area contributed by atoms with Crippen molar-refractivity contribution in [3.05, 3.63) is 65.9 Å². The van der Waals surface area contributed by atoms with Crippen molar-refractivity contribution in [1.82, 2.24) is 9.88 Å². The highest BCUT2D eigenvalue weighted by Crippen LogP contribution is 2.30. The summed E-state index contributed by atoms with van der Waals surface area (Å²) in [5.41, 5.74) is 4.62. The van der Waals surface area contributed by atoms with Crippen LogP contribution in [0.3, 0.4) is 0 Å². The summed E-state index contributed by atoms with van der Waals surface area (Å²) in [7, 11) is 0. The number of nitrogens with zero attached hydrogens (tertiary/aromatic N) is 1.